The van der Waals surface area contributed by atoms with Gasteiger partial charge in [-0.3, -0.25) is 0 Å². The topological polar surface area (TPSA) is 245 Å². The molecule has 24 nitrogen and oxygen atoms in total. The third-order valence-corrected chi connectivity index (χ3v) is 17.8. The molecule has 0 aromatic heterocycles. The molecule has 0 aliphatic rings. The third-order valence-electron chi connectivity index (χ3n) is 15.5. The summed E-state index contributed by atoms with van der Waals surface area (Å²) in [6, 6.07) is 44.7. The molecule has 0 amide bonds. The fourth-order valence-electron chi connectivity index (χ4n) is 8.48. The van der Waals surface area contributed by atoms with Crippen LogP contribution in [0.1, 0.15) is 211 Å². The fraction of sp³-hybridized carbons (Fsp3) is 0.476. The van der Waals surface area contributed by atoms with Crippen molar-refractivity contribution in [3.8, 4) is 11.5 Å². The minimum atomic E-state index is -0.573. The Labute approximate surface area is 904 Å². The van der Waals surface area contributed by atoms with Crippen LogP contribution in [0.25, 0.3) is 36.5 Å². The lowest BCUT2D eigenvalue weighted by atomic mass is 10.1. The molecule has 0 N–H and O–H groups in total. The highest BCUT2D eigenvalue weighted by Gasteiger charge is 2.23. The zero-order valence-electron chi connectivity index (χ0n) is 84.0. The van der Waals surface area contributed by atoms with Gasteiger partial charge in [-0.25, -0.2) is 82.8 Å². The van der Waals surface area contributed by atoms with Gasteiger partial charge in [-0.2, -0.15) is 9.78 Å². The van der Waals surface area contributed by atoms with E-state index in [4.69, 9.17) is 125 Å². The molecule has 139 heavy (non-hydrogen) atoms. The van der Waals surface area contributed by atoms with Gasteiger partial charge in [0.25, 0.3) is 0 Å². The number of carbonyl (C=O) groups excluding carboxylic acids is 3. The Kier molecular flexibility index (Phi) is 75.0. The Morgan fingerprint density at radius 3 is 1.21 bits per heavy atom. The first-order valence-electron chi connectivity index (χ1n) is 44.3. The summed E-state index contributed by atoms with van der Waals surface area (Å²) >= 11 is 38.9. The number of benzene rings is 6. The van der Waals surface area contributed by atoms with Crippen molar-refractivity contribution in [1.29, 1.82) is 0 Å². The van der Waals surface area contributed by atoms with E-state index in [-0.39, 0.29) is 57.6 Å². The third kappa shape index (κ3) is 84.9. The van der Waals surface area contributed by atoms with Crippen molar-refractivity contribution in [2.24, 2.45) is 0 Å². The summed E-state index contributed by atoms with van der Waals surface area (Å²) in [5.41, 5.74) is 11.2. The minimum absolute atomic E-state index is 0.00718. The molecule has 2 unspecified atom stereocenters. The van der Waals surface area contributed by atoms with E-state index < -0.39 is 33.2 Å². The van der Waals surface area contributed by atoms with Crippen LogP contribution < -0.4 is 9.78 Å². The summed E-state index contributed by atoms with van der Waals surface area (Å²) in [5, 5.41) is 0.504. The van der Waals surface area contributed by atoms with Crippen LogP contribution in [0.5, 0.6) is 11.5 Å². The van der Waals surface area contributed by atoms with Crippen molar-refractivity contribution in [3.05, 3.63) is 264 Å². The second kappa shape index (κ2) is 76.6. The molecule has 0 aliphatic heterocycles. The number of unbranched alkanes of at least 4 members (excludes halogenated alkanes) is 1. The Balaban J connectivity index is 0. The summed E-state index contributed by atoms with van der Waals surface area (Å²) < 4.78 is 13.4. The van der Waals surface area contributed by atoms with E-state index >= 15 is 0 Å². The first kappa shape index (κ1) is 136. The number of hydrogen-bond acceptors (Lipinski definition) is 24. The summed E-state index contributed by atoms with van der Waals surface area (Å²) in [6.45, 7) is 70.7. The predicted molar refractivity (Wildman–Crippen MR) is 591 cm³/mol. The average Bonchev–Trinajstić information content (AvgIpc) is 0.871. The van der Waals surface area contributed by atoms with E-state index in [2.05, 4.69) is 216 Å². The van der Waals surface area contributed by atoms with Gasteiger partial charge in [0.15, 0.2) is 26.6 Å². The van der Waals surface area contributed by atoms with Crippen LogP contribution in [-0.4, -0.2) is 163 Å². The second-order valence-electron chi connectivity index (χ2n) is 34.7. The largest absolute Gasteiger partial charge is 0.462 e. The number of carbonyl (C=O) groups is 3. The molecule has 6 aromatic carbocycles. The second-order valence-corrected chi connectivity index (χ2v) is 52.2. The van der Waals surface area contributed by atoms with E-state index in [0.717, 1.165) is 64.6 Å². The Morgan fingerprint density at radius 2 is 0.763 bits per heavy atom. The molecule has 0 spiro atoms. The molecule has 6 rings (SSSR count). The number of hydrogen-bond donors (Lipinski definition) is 0. The normalized spacial score (nSPS) is 11.8. The minimum Gasteiger partial charge on any atom is -0.462 e. The van der Waals surface area contributed by atoms with Gasteiger partial charge in [0.05, 0.1) is 75.9 Å². The maximum atomic E-state index is 11.7. The molecule has 34 heteroatoms. The molecule has 2 atom stereocenters. The number of alkyl halides is 9. The van der Waals surface area contributed by atoms with Crippen molar-refractivity contribution in [2.75, 3.05) is 98.4 Å². The zero-order chi connectivity index (χ0) is 106. The SMILES string of the molecule is C=C(C)C(=O)OCC(CCl)OOCC(C)(C)Br.C=C(C)C(=O)OCC(COOCC(C)(C)Br)OOCC.C=Cc1ccc(C(=O)OCCCOOCC(C)(C)Br)cc1.C=Cc1ccc(CCCCOOC(C)(C)Br)cc1.C=Cc1ccc(COOCC(C)(C)Br)cc1.C=Cc1ccc(OOCC(C)(C)Br)c(Cl)c1.C=Cc1ccc(OOCC(C)(C)Br)cc1.C=Cc1cccc(CCOOC(C)(C)Br)c1. The van der Waals surface area contributed by atoms with E-state index in [1.165, 1.54) is 11.1 Å². The lowest BCUT2D eigenvalue weighted by Crippen LogP contribution is -2.29. The summed E-state index contributed by atoms with van der Waals surface area (Å²) in [4.78, 5) is 125. The van der Waals surface area contributed by atoms with Crippen molar-refractivity contribution in [3.63, 3.8) is 0 Å². The fourth-order valence-corrected chi connectivity index (χ4v) is 9.59. The molecule has 0 heterocycles. The van der Waals surface area contributed by atoms with Gasteiger partial charge < -0.3 is 24.0 Å². The Bertz CT molecular complexity index is 4380. The lowest BCUT2D eigenvalue weighted by molar-refractivity contribution is -0.368. The van der Waals surface area contributed by atoms with Crippen LogP contribution in [0.4, 0.5) is 0 Å². The highest BCUT2D eigenvalue weighted by atomic mass is 79.9. The van der Waals surface area contributed by atoms with Crippen LogP contribution in [0.15, 0.2) is 203 Å². The smallest absolute Gasteiger partial charge is 0.338 e. The first-order valence-corrected chi connectivity index (χ1v) is 51.6. The molecule has 780 valence electrons. The Hall–Kier alpha value is -4.97. The molecular formula is C105H146Br8Cl2O24. The molecular weight excluding hydrogens is 2360 g/mol. The van der Waals surface area contributed by atoms with Gasteiger partial charge in [-0.15, -0.1) is 11.6 Å². The highest BCUT2D eigenvalue weighted by molar-refractivity contribution is 9.11. The molecule has 0 saturated carbocycles. The summed E-state index contributed by atoms with van der Waals surface area (Å²) in [5.74, 6) is 0.0725. The van der Waals surface area contributed by atoms with Crippen LogP contribution in [-0.2, 0) is 121 Å². The number of halogens is 10. The Morgan fingerprint density at radius 1 is 0.367 bits per heavy atom. The van der Waals surface area contributed by atoms with Crippen LogP contribution >= 0.6 is 151 Å². The number of rotatable bonds is 58. The standard InChI is InChI=1S/C16H21BrO4.C15H21BrO2.C13H23BrO6.2C13H17BrO2.C12H14BrClO2.C12H15BrO2.C11H18BrClO4/c1-4-13-6-8-14(9-7-13)15(18)19-10-5-11-20-21-12-16(2,3)17;1-4-13-8-10-14(11-9-13)7-5-6-12-17-18-15(2,3)16;1-6-17-20-11(7-16-12(15)10(2)3)8-18-19-9-13(4,5)14;1-4-11-5-7-12(8-6-11)9-15-16-10-13(2,3)14;1-4-11-6-5-7-12(10-11)8-9-15-16-13(2,3)14;1-4-9-5-6-11(10(14)7-9)16-15-8-12(2,3)13;1-4-10-5-7-11(8-6-10)15-14-9-12(2,3)13;1-8(2)10(14)15-6-9(5-13)17-16-7-11(3,4)12/h4,6-9H,1,5,10-12H2,2-3H3;4,8-11H,1,5-7,12H2,2-3H3;11H,2,6-9H2,1,3-5H3;4-8H,1,9-10H2,2-3H3;4-7,10H,1,8-9H2,2-3H3;4-7H,1,8H2,2-3H3;4-8H,1,9H2,2-3H3;9H,1,5-7H2,2-4H3. The summed E-state index contributed by atoms with van der Waals surface area (Å²) in [6.07, 6.45) is 14.2. The van der Waals surface area contributed by atoms with Crippen molar-refractivity contribution in [1.82, 2.24) is 0 Å². The van der Waals surface area contributed by atoms with Crippen LogP contribution in [0, 0.1) is 0 Å². The van der Waals surface area contributed by atoms with Gasteiger partial charge in [-0.05, 0) is 244 Å². The molecule has 0 fully saturated rings. The number of ether oxygens (including phenoxy) is 3. The molecule has 0 aliphatic carbocycles. The molecule has 0 radical (unpaired) electrons. The summed E-state index contributed by atoms with van der Waals surface area (Å²) in [7, 11) is 0. The monoisotopic (exact) mass is 2490 g/mol. The number of esters is 3. The van der Waals surface area contributed by atoms with Crippen LogP contribution in [0.2, 0.25) is 5.02 Å². The quantitative estimate of drug-likeness (QED) is 0.00655. The van der Waals surface area contributed by atoms with E-state index in [1.54, 1.807) is 63.3 Å². The van der Waals surface area contributed by atoms with Crippen molar-refractivity contribution in [2.45, 2.75) is 217 Å². The maximum absolute atomic E-state index is 11.7. The van der Waals surface area contributed by atoms with Gasteiger partial charge >= 0.3 is 17.9 Å². The van der Waals surface area contributed by atoms with Gasteiger partial charge in [0, 0.05) is 43.5 Å². The van der Waals surface area contributed by atoms with Gasteiger partial charge in [0.1, 0.15) is 45.7 Å². The van der Waals surface area contributed by atoms with E-state index in [0.29, 0.717) is 119 Å². The van der Waals surface area contributed by atoms with E-state index in [9.17, 15) is 14.4 Å². The maximum Gasteiger partial charge on any atom is 0.338 e. The molecule has 0 bridgehead atoms. The van der Waals surface area contributed by atoms with Crippen molar-refractivity contribution < 1.29 is 117 Å². The predicted octanol–water partition coefficient (Wildman–Crippen LogP) is 30.3. The first-order chi connectivity index (χ1) is 64.9. The number of aryl methyl sites for hydroxylation is 1. The van der Waals surface area contributed by atoms with Gasteiger partial charge in [-0.1, -0.05) is 331 Å². The van der Waals surface area contributed by atoms with Crippen LogP contribution in [0.3, 0.4) is 0 Å². The van der Waals surface area contributed by atoms with E-state index in [1.807, 2.05) is 208 Å². The van der Waals surface area contributed by atoms with Gasteiger partial charge in [0.2, 0.25) is 0 Å². The van der Waals surface area contributed by atoms with Crippen molar-refractivity contribution >= 4 is 205 Å². The lowest BCUT2D eigenvalue weighted by Gasteiger charge is -2.18. The zero-order valence-corrected chi connectivity index (χ0v) is 98.2. The highest BCUT2D eigenvalue weighted by Crippen LogP contribution is 2.29. The average molecular weight is 2500 g/mol. The molecule has 6 aromatic rings. The molecule has 0 saturated heterocycles.